The highest BCUT2D eigenvalue weighted by Crippen LogP contribution is 2.43. The Morgan fingerprint density at radius 2 is 1.71 bits per heavy atom. The second-order valence-corrected chi connectivity index (χ2v) is 17.1. The van der Waals surface area contributed by atoms with E-state index >= 15 is 0 Å². The normalized spacial score (nSPS) is 18.0. The average molecular weight is 373 g/mol. The molecule has 0 bridgehead atoms. The lowest BCUT2D eigenvalue weighted by Gasteiger charge is -2.40. The minimum absolute atomic E-state index is 0.329. The molecule has 0 spiro atoms. The van der Waals surface area contributed by atoms with Gasteiger partial charge in [-0.2, -0.15) is 0 Å². The van der Waals surface area contributed by atoms with E-state index < -0.39 is 28.6 Å². The SMILES string of the molecule is C[Si](C)(C)O[Si](C)(C)C(CCOC(=O)/C=C/C(=O)O)C1CCCC1. The summed E-state index contributed by atoms with van der Waals surface area (Å²) in [5.41, 5.74) is 0.475. The molecule has 1 aliphatic rings. The van der Waals surface area contributed by atoms with Crippen molar-refractivity contribution >= 4 is 28.6 Å². The fraction of sp³-hybridized carbons (Fsp3) is 0.765. The van der Waals surface area contributed by atoms with Gasteiger partial charge < -0.3 is 14.0 Å². The molecule has 0 heterocycles. The summed E-state index contributed by atoms with van der Waals surface area (Å²) in [5, 5.41) is 8.53. The van der Waals surface area contributed by atoms with Crippen molar-refractivity contribution in [3.63, 3.8) is 0 Å². The van der Waals surface area contributed by atoms with E-state index in [4.69, 9.17) is 14.0 Å². The number of ether oxygens (including phenoxy) is 1. The fourth-order valence-electron chi connectivity index (χ4n) is 3.85. The zero-order valence-corrected chi connectivity index (χ0v) is 17.6. The molecule has 138 valence electrons. The molecule has 0 amide bonds. The van der Waals surface area contributed by atoms with E-state index in [9.17, 15) is 9.59 Å². The third-order valence-electron chi connectivity index (χ3n) is 4.47. The quantitative estimate of drug-likeness (QED) is 0.373. The van der Waals surface area contributed by atoms with Crippen LogP contribution in [0.3, 0.4) is 0 Å². The van der Waals surface area contributed by atoms with Gasteiger partial charge in [0.25, 0.3) is 0 Å². The van der Waals surface area contributed by atoms with Crippen LogP contribution in [0.1, 0.15) is 32.1 Å². The summed E-state index contributed by atoms with van der Waals surface area (Å²) < 4.78 is 11.8. The molecular weight excluding hydrogens is 340 g/mol. The van der Waals surface area contributed by atoms with E-state index in [1.54, 1.807) is 0 Å². The summed E-state index contributed by atoms with van der Waals surface area (Å²) in [6.45, 7) is 11.6. The highest BCUT2D eigenvalue weighted by atomic mass is 28.4. The van der Waals surface area contributed by atoms with Gasteiger partial charge >= 0.3 is 11.9 Å². The molecule has 5 nitrogen and oxygen atoms in total. The molecule has 1 fully saturated rings. The summed E-state index contributed by atoms with van der Waals surface area (Å²) in [5.74, 6) is -1.07. The van der Waals surface area contributed by atoms with Gasteiger partial charge in [0.15, 0.2) is 16.6 Å². The van der Waals surface area contributed by atoms with E-state index in [0.717, 1.165) is 18.6 Å². The van der Waals surface area contributed by atoms with Gasteiger partial charge in [-0.1, -0.05) is 25.7 Å². The monoisotopic (exact) mass is 372 g/mol. The Bertz CT molecular complexity index is 462. The summed E-state index contributed by atoms with van der Waals surface area (Å²) in [7, 11) is -3.50. The van der Waals surface area contributed by atoms with Crippen LogP contribution in [0.2, 0.25) is 38.3 Å². The van der Waals surface area contributed by atoms with Crippen molar-refractivity contribution in [3.8, 4) is 0 Å². The smallest absolute Gasteiger partial charge is 0.331 e. The van der Waals surface area contributed by atoms with Gasteiger partial charge in [-0.15, -0.1) is 0 Å². The maximum atomic E-state index is 11.5. The summed E-state index contributed by atoms with van der Waals surface area (Å²) in [6.07, 6.45) is 7.62. The molecule has 1 N–H and O–H groups in total. The first-order valence-corrected chi connectivity index (χ1v) is 15.2. The third kappa shape index (κ3) is 7.76. The van der Waals surface area contributed by atoms with Crippen molar-refractivity contribution in [3.05, 3.63) is 12.2 Å². The third-order valence-corrected chi connectivity index (χ3v) is 11.6. The number of carboxylic acids is 1. The fourth-order valence-corrected chi connectivity index (χ4v) is 13.0. The van der Waals surface area contributed by atoms with E-state index in [1.807, 2.05) is 0 Å². The van der Waals surface area contributed by atoms with Gasteiger partial charge in [-0.05, 0) is 50.6 Å². The van der Waals surface area contributed by atoms with Gasteiger partial charge in [-0.25, -0.2) is 9.59 Å². The van der Waals surface area contributed by atoms with E-state index in [0.29, 0.717) is 18.1 Å². The number of hydrogen-bond acceptors (Lipinski definition) is 4. The molecule has 7 heteroatoms. The number of carbonyl (C=O) groups is 2. The second-order valence-electron chi connectivity index (χ2n) is 8.10. The zero-order valence-electron chi connectivity index (χ0n) is 15.6. The zero-order chi connectivity index (χ0) is 18.4. The summed E-state index contributed by atoms with van der Waals surface area (Å²) in [4.78, 5) is 22.0. The Kier molecular flexibility index (Phi) is 7.89. The Labute approximate surface area is 147 Å². The maximum absolute atomic E-state index is 11.5. The Hall–Kier alpha value is -0.926. The number of carbonyl (C=O) groups excluding carboxylic acids is 1. The Balaban J connectivity index is 2.66. The van der Waals surface area contributed by atoms with Crippen LogP contribution in [0.4, 0.5) is 0 Å². The lowest BCUT2D eigenvalue weighted by Crippen LogP contribution is -2.47. The number of esters is 1. The second kappa shape index (κ2) is 8.96. The number of carboxylic acid groups (broad SMARTS) is 1. The Morgan fingerprint density at radius 1 is 1.12 bits per heavy atom. The predicted molar refractivity (Wildman–Crippen MR) is 100.0 cm³/mol. The first kappa shape index (κ1) is 21.1. The summed E-state index contributed by atoms with van der Waals surface area (Å²) in [6, 6.07) is 0. The molecule has 0 aliphatic heterocycles. The van der Waals surface area contributed by atoms with Gasteiger partial charge in [0.05, 0.1) is 6.61 Å². The van der Waals surface area contributed by atoms with Gasteiger partial charge in [0.1, 0.15) is 0 Å². The molecule has 0 aromatic rings. The van der Waals surface area contributed by atoms with Crippen LogP contribution in [0.15, 0.2) is 12.2 Å². The van der Waals surface area contributed by atoms with Gasteiger partial charge in [0.2, 0.25) is 0 Å². The minimum atomic E-state index is -1.88. The lowest BCUT2D eigenvalue weighted by molar-refractivity contribution is -0.138. The summed E-state index contributed by atoms with van der Waals surface area (Å²) >= 11 is 0. The van der Waals surface area contributed by atoms with Crippen LogP contribution in [0, 0.1) is 5.92 Å². The number of aliphatic carboxylic acids is 1. The highest BCUT2D eigenvalue weighted by molar-refractivity contribution is 6.85. The molecule has 1 saturated carbocycles. The topological polar surface area (TPSA) is 72.8 Å². The number of hydrogen-bond donors (Lipinski definition) is 1. The van der Waals surface area contributed by atoms with E-state index in [1.165, 1.54) is 25.7 Å². The molecule has 1 unspecified atom stereocenters. The van der Waals surface area contributed by atoms with Crippen LogP contribution < -0.4 is 0 Å². The van der Waals surface area contributed by atoms with Crippen molar-refractivity contribution in [1.29, 1.82) is 0 Å². The first-order valence-electron chi connectivity index (χ1n) is 8.79. The molecule has 24 heavy (non-hydrogen) atoms. The van der Waals surface area contributed by atoms with Crippen LogP contribution in [-0.4, -0.2) is 40.3 Å². The molecule has 0 aromatic heterocycles. The van der Waals surface area contributed by atoms with Crippen molar-refractivity contribution in [1.82, 2.24) is 0 Å². The van der Waals surface area contributed by atoms with Crippen molar-refractivity contribution in [2.45, 2.75) is 70.4 Å². The Morgan fingerprint density at radius 3 is 2.21 bits per heavy atom. The van der Waals surface area contributed by atoms with Crippen LogP contribution in [-0.2, 0) is 18.4 Å². The minimum Gasteiger partial charge on any atom is -0.478 e. The molecule has 0 radical (unpaired) electrons. The standard InChI is InChI=1S/C17H32O5Si2/c1-23(2,3)22-24(4,5)15(14-8-6-7-9-14)12-13-21-17(20)11-10-16(18)19/h10-11,14-15H,6-9,12-13H2,1-5H3,(H,18,19)/b11-10+. The predicted octanol–water partition coefficient (Wildman–Crippen LogP) is 4.18. The first-order chi connectivity index (χ1) is 11.0. The van der Waals surface area contributed by atoms with Crippen molar-refractivity contribution in [2.75, 3.05) is 6.61 Å². The van der Waals surface area contributed by atoms with Crippen LogP contribution in [0.25, 0.3) is 0 Å². The van der Waals surface area contributed by atoms with Crippen LogP contribution >= 0.6 is 0 Å². The largest absolute Gasteiger partial charge is 0.478 e. The maximum Gasteiger partial charge on any atom is 0.331 e. The highest BCUT2D eigenvalue weighted by Gasteiger charge is 2.42. The molecule has 0 aromatic carbocycles. The average Bonchev–Trinajstić information content (AvgIpc) is 2.91. The van der Waals surface area contributed by atoms with E-state index in [-0.39, 0.29) is 0 Å². The molecule has 1 atom stereocenters. The van der Waals surface area contributed by atoms with Gasteiger partial charge in [-0.3, -0.25) is 0 Å². The lowest BCUT2D eigenvalue weighted by atomic mass is 10.0. The van der Waals surface area contributed by atoms with Gasteiger partial charge in [0, 0.05) is 12.2 Å². The van der Waals surface area contributed by atoms with Crippen LogP contribution in [0.5, 0.6) is 0 Å². The van der Waals surface area contributed by atoms with E-state index in [2.05, 4.69) is 32.7 Å². The molecule has 1 aliphatic carbocycles. The van der Waals surface area contributed by atoms with Crippen molar-refractivity contribution < 1.29 is 23.5 Å². The van der Waals surface area contributed by atoms with Crippen molar-refractivity contribution in [2.24, 2.45) is 5.92 Å². The molecule has 0 saturated heterocycles. The molecule has 1 rings (SSSR count). The molecular formula is C17H32O5Si2. The number of rotatable bonds is 9.